The summed E-state index contributed by atoms with van der Waals surface area (Å²) in [6.45, 7) is 5.11. The highest BCUT2D eigenvalue weighted by Crippen LogP contribution is 2.14. The van der Waals surface area contributed by atoms with Crippen LogP contribution in [-0.4, -0.2) is 68.7 Å². The summed E-state index contributed by atoms with van der Waals surface area (Å²) in [7, 11) is -0.0412. The van der Waals surface area contributed by atoms with E-state index in [2.05, 4.69) is 0 Å². The third-order valence-corrected chi connectivity index (χ3v) is 4.72. The third kappa shape index (κ3) is 10.6. The van der Waals surface area contributed by atoms with Crippen molar-refractivity contribution in [1.29, 1.82) is 0 Å². The first-order valence-electron chi connectivity index (χ1n) is 6.63. The summed E-state index contributed by atoms with van der Waals surface area (Å²) >= 11 is 4.74. The molecule has 8 heteroatoms. The van der Waals surface area contributed by atoms with E-state index >= 15 is 0 Å². The highest BCUT2D eigenvalue weighted by Gasteiger charge is 2.27. The SMILES string of the molecule is CC(=S)OCCCS(=O)(=O)CC(C)(C)OCC(=O)N(C)C. The number of thiocarbonyl (C=S) groups is 1. The normalized spacial score (nSPS) is 12.0. The van der Waals surface area contributed by atoms with Crippen molar-refractivity contribution in [2.75, 3.05) is 38.8 Å². The van der Waals surface area contributed by atoms with E-state index in [-0.39, 0.29) is 30.6 Å². The van der Waals surface area contributed by atoms with Crippen LogP contribution in [0, 0.1) is 0 Å². The van der Waals surface area contributed by atoms with Gasteiger partial charge in [0.25, 0.3) is 0 Å². The maximum Gasteiger partial charge on any atom is 0.248 e. The van der Waals surface area contributed by atoms with Gasteiger partial charge in [-0.3, -0.25) is 4.79 Å². The standard InChI is InChI=1S/C13H25NO5S2/c1-11(20)18-7-6-8-21(16,17)10-13(2,3)19-9-12(15)14(4)5/h6-10H2,1-5H3. The topological polar surface area (TPSA) is 72.9 Å². The Labute approximate surface area is 132 Å². The number of carbonyl (C=O) groups excluding carboxylic acids is 1. The molecule has 0 aromatic heterocycles. The van der Waals surface area contributed by atoms with Crippen molar-refractivity contribution in [2.45, 2.75) is 32.8 Å². The lowest BCUT2D eigenvalue weighted by molar-refractivity contribution is -0.138. The second-order valence-electron chi connectivity index (χ2n) is 5.62. The second kappa shape index (κ2) is 8.65. The van der Waals surface area contributed by atoms with Crippen LogP contribution >= 0.6 is 12.2 Å². The molecule has 0 aromatic rings. The molecule has 0 saturated carbocycles. The predicted molar refractivity (Wildman–Crippen MR) is 86.2 cm³/mol. The molecular formula is C13H25NO5S2. The van der Waals surface area contributed by atoms with Gasteiger partial charge in [-0.15, -0.1) is 0 Å². The summed E-state index contributed by atoms with van der Waals surface area (Å²) in [6.07, 6.45) is 0.378. The molecule has 0 aromatic carbocycles. The zero-order chi connectivity index (χ0) is 16.7. The fourth-order valence-electron chi connectivity index (χ4n) is 1.52. The Hall–Kier alpha value is -0.730. The van der Waals surface area contributed by atoms with Crippen LogP contribution in [-0.2, 0) is 24.1 Å². The zero-order valence-electron chi connectivity index (χ0n) is 13.3. The molecule has 0 atom stereocenters. The lowest BCUT2D eigenvalue weighted by Gasteiger charge is -2.25. The quantitative estimate of drug-likeness (QED) is 0.462. The van der Waals surface area contributed by atoms with E-state index in [1.54, 1.807) is 34.9 Å². The maximum atomic E-state index is 12.0. The average molecular weight is 339 g/mol. The van der Waals surface area contributed by atoms with Gasteiger partial charge < -0.3 is 14.4 Å². The monoisotopic (exact) mass is 339 g/mol. The molecule has 0 unspecified atom stereocenters. The second-order valence-corrected chi connectivity index (χ2v) is 8.38. The number of likely N-dealkylation sites (N-methyl/N-ethyl adjacent to an activating group) is 1. The van der Waals surface area contributed by atoms with Crippen LogP contribution in [0.1, 0.15) is 27.2 Å². The summed E-state index contributed by atoms with van der Waals surface area (Å²) in [5.74, 6) is -0.341. The van der Waals surface area contributed by atoms with Gasteiger partial charge in [0.05, 0.1) is 23.7 Å². The number of hydrogen-bond acceptors (Lipinski definition) is 6. The first-order chi connectivity index (χ1) is 9.45. The molecule has 6 nitrogen and oxygen atoms in total. The van der Waals surface area contributed by atoms with Gasteiger partial charge in [0.2, 0.25) is 5.91 Å². The van der Waals surface area contributed by atoms with Crippen LogP contribution in [0.2, 0.25) is 0 Å². The van der Waals surface area contributed by atoms with Crippen molar-refractivity contribution in [1.82, 2.24) is 4.90 Å². The molecule has 0 aliphatic carbocycles. The molecule has 1 amide bonds. The molecule has 0 aliphatic rings. The Morgan fingerprint density at radius 1 is 1.29 bits per heavy atom. The molecule has 21 heavy (non-hydrogen) atoms. The highest BCUT2D eigenvalue weighted by atomic mass is 32.2. The minimum atomic E-state index is -3.28. The van der Waals surface area contributed by atoms with Gasteiger partial charge in [0.15, 0.2) is 14.9 Å². The Bertz CT molecular complexity index is 457. The van der Waals surface area contributed by atoms with E-state index in [1.807, 2.05) is 0 Å². The molecular weight excluding hydrogens is 314 g/mol. The van der Waals surface area contributed by atoms with Gasteiger partial charge >= 0.3 is 0 Å². The van der Waals surface area contributed by atoms with Crippen LogP contribution in [0.25, 0.3) is 0 Å². The number of ether oxygens (including phenoxy) is 2. The van der Waals surface area contributed by atoms with Crippen molar-refractivity contribution in [3.63, 3.8) is 0 Å². The predicted octanol–water partition coefficient (Wildman–Crippen LogP) is 1.04. The summed E-state index contributed by atoms with van der Waals surface area (Å²) < 4.78 is 34.5. The number of nitrogens with zero attached hydrogens (tertiary/aromatic N) is 1. The largest absolute Gasteiger partial charge is 0.487 e. The van der Waals surface area contributed by atoms with Crippen molar-refractivity contribution < 1.29 is 22.7 Å². The van der Waals surface area contributed by atoms with Crippen LogP contribution < -0.4 is 0 Å². The number of carbonyl (C=O) groups is 1. The Kier molecular flexibility index (Phi) is 8.35. The lowest BCUT2D eigenvalue weighted by atomic mass is 10.2. The number of sulfone groups is 1. The fourth-order valence-corrected chi connectivity index (χ4v) is 3.45. The summed E-state index contributed by atoms with van der Waals surface area (Å²) in [6, 6.07) is 0. The summed E-state index contributed by atoms with van der Waals surface area (Å²) in [5.41, 5.74) is -0.911. The minimum absolute atomic E-state index is 0.00400. The van der Waals surface area contributed by atoms with Crippen molar-refractivity contribution in [3.05, 3.63) is 0 Å². The first-order valence-corrected chi connectivity index (χ1v) is 8.86. The molecule has 0 fully saturated rings. The van der Waals surface area contributed by atoms with E-state index in [0.29, 0.717) is 11.5 Å². The van der Waals surface area contributed by atoms with Gasteiger partial charge in [0.1, 0.15) is 6.61 Å². The Balaban J connectivity index is 4.28. The highest BCUT2D eigenvalue weighted by molar-refractivity contribution is 7.91. The Morgan fingerprint density at radius 3 is 2.33 bits per heavy atom. The smallest absolute Gasteiger partial charge is 0.248 e. The van der Waals surface area contributed by atoms with Gasteiger partial charge in [-0.25, -0.2) is 8.42 Å². The minimum Gasteiger partial charge on any atom is -0.487 e. The summed E-state index contributed by atoms with van der Waals surface area (Å²) in [5, 5.41) is 0.401. The summed E-state index contributed by atoms with van der Waals surface area (Å²) in [4.78, 5) is 12.9. The van der Waals surface area contributed by atoms with E-state index in [0.717, 1.165) is 0 Å². The molecule has 124 valence electrons. The molecule has 0 radical (unpaired) electrons. The van der Waals surface area contributed by atoms with E-state index < -0.39 is 15.4 Å². The van der Waals surface area contributed by atoms with Crippen LogP contribution in [0.5, 0.6) is 0 Å². The lowest BCUT2D eigenvalue weighted by Crippen LogP contribution is -2.38. The number of hydrogen-bond donors (Lipinski definition) is 0. The van der Waals surface area contributed by atoms with Gasteiger partial charge in [-0.1, -0.05) is 0 Å². The van der Waals surface area contributed by atoms with Gasteiger partial charge in [-0.05, 0) is 32.5 Å². The molecule has 0 aliphatic heterocycles. The van der Waals surface area contributed by atoms with Gasteiger partial charge in [0, 0.05) is 21.0 Å². The fraction of sp³-hybridized carbons (Fsp3) is 0.846. The third-order valence-electron chi connectivity index (χ3n) is 2.56. The van der Waals surface area contributed by atoms with E-state index in [4.69, 9.17) is 21.7 Å². The molecule has 0 bridgehead atoms. The number of rotatable bonds is 9. The van der Waals surface area contributed by atoms with Crippen molar-refractivity contribution >= 4 is 33.0 Å². The Morgan fingerprint density at radius 2 is 1.86 bits per heavy atom. The average Bonchev–Trinajstić information content (AvgIpc) is 2.30. The molecule has 0 heterocycles. The van der Waals surface area contributed by atoms with Crippen LogP contribution in [0.4, 0.5) is 0 Å². The van der Waals surface area contributed by atoms with Gasteiger partial charge in [-0.2, -0.15) is 0 Å². The number of amides is 1. The van der Waals surface area contributed by atoms with Crippen molar-refractivity contribution in [3.8, 4) is 0 Å². The molecule has 0 rings (SSSR count). The van der Waals surface area contributed by atoms with E-state index in [9.17, 15) is 13.2 Å². The molecule has 0 N–H and O–H groups in total. The maximum absolute atomic E-state index is 12.0. The zero-order valence-corrected chi connectivity index (χ0v) is 15.0. The molecule has 0 spiro atoms. The van der Waals surface area contributed by atoms with E-state index in [1.165, 1.54) is 4.90 Å². The molecule has 0 saturated heterocycles. The van der Waals surface area contributed by atoms with Crippen molar-refractivity contribution in [2.24, 2.45) is 0 Å². The van der Waals surface area contributed by atoms with Crippen LogP contribution in [0.15, 0.2) is 0 Å². The van der Waals surface area contributed by atoms with Crippen LogP contribution in [0.3, 0.4) is 0 Å². The first kappa shape index (κ1) is 20.3.